The van der Waals surface area contributed by atoms with Crippen LogP contribution in [0.2, 0.25) is 0 Å². The third kappa shape index (κ3) is 5.69. The van der Waals surface area contributed by atoms with Crippen LogP contribution in [0.15, 0.2) is 183 Å². The molecule has 0 saturated heterocycles. The fourth-order valence-electron chi connectivity index (χ4n) is 6.63. The van der Waals surface area contributed by atoms with Gasteiger partial charge in [-0.1, -0.05) is 109 Å². The summed E-state index contributed by atoms with van der Waals surface area (Å²) < 4.78 is 0. The summed E-state index contributed by atoms with van der Waals surface area (Å²) in [6.45, 7) is 0. The molecular formula is C46H30N4. The Labute approximate surface area is 290 Å². The fraction of sp³-hybridized carbons (Fsp3) is 0. The molecule has 0 aliphatic carbocycles. The highest BCUT2D eigenvalue weighted by molar-refractivity contribution is 6.04. The smallest absolute Gasteiger partial charge is 0.0965 e. The largest absolute Gasteiger partial charge is 0.256 e. The molecular weight excluding hydrogens is 609 g/mol. The molecule has 0 unspecified atom stereocenters. The third-order valence-electron chi connectivity index (χ3n) is 9.22. The molecule has 234 valence electrons. The highest BCUT2D eigenvalue weighted by atomic mass is 14.8. The van der Waals surface area contributed by atoms with Gasteiger partial charge in [0, 0.05) is 46.7 Å². The van der Waals surface area contributed by atoms with E-state index in [1.807, 2.05) is 36.9 Å². The van der Waals surface area contributed by atoms with Gasteiger partial charge in [-0.25, -0.2) is 0 Å². The van der Waals surface area contributed by atoms with Crippen LogP contribution < -0.4 is 0 Å². The Balaban J connectivity index is 1.01. The van der Waals surface area contributed by atoms with Crippen molar-refractivity contribution in [3.05, 3.63) is 183 Å². The third-order valence-corrected chi connectivity index (χ3v) is 9.22. The van der Waals surface area contributed by atoms with E-state index >= 15 is 0 Å². The second kappa shape index (κ2) is 12.7. The van der Waals surface area contributed by atoms with Gasteiger partial charge in [-0.05, 0) is 93.0 Å². The van der Waals surface area contributed by atoms with E-state index in [1.54, 1.807) is 0 Å². The van der Waals surface area contributed by atoms with Crippen molar-refractivity contribution in [2.24, 2.45) is 0 Å². The van der Waals surface area contributed by atoms with Crippen molar-refractivity contribution < 1.29 is 0 Å². The standard InChI is InChI=1S/C46H30N4/c1-3-9-31(10-4-1)33-13-7-15-35(23-33)37-19-21-47-43(27-37)41-25-39-17-18-40-26-42(30-50-46(40)45(39)49-29-41)44-28-38(20-22-48-44)36-16-8-14-34(24-36)32-11-5-2-6-12-32/h1-30H. The van der Waals surface area contributed by atoms with E-state index in [-0.39, 0.29) is 0 Å². The van der Waals surface area contributed by atoms with Crippen LogP contribution in [0.3, 0.4) is 0 Å². The summed E-state index contributed by atoms with van der Waals surface area (Å²) in [6.07, 6.45) is 7.55. The van der Waals surface area contributed by atoms with Crippen molar-refractivity contribution in [2.45, 2.75) is 0 Å². The van der Waals surface area contributed by atoms with Crippen molar-refractivity contribution in [1.29, 1.82) is 0 Å². The molecule has 50 heavy (non-hydrogen) atoms. The summed E-state index contributed by atoms with van der Waals surface area (Å²) in [5.41, 5.74) is 14.7. The lowest BCUT2D eigenvalue weighted by molar-refractivity contribution is 1.30. The highest BCUT2D eigenvalue weighted by Gasteiger charge is 2.11. The van der Waals surface area contributed by atoms with Crippen LogP contribution in [0.1, 0.15) is 0 Å². The Kier molecular flexibility index (Phi) is 7.45. The maximum absolute atomic E-state index is 4.91. The molecule has 5 aromatic carbocycles. The molecule has 4 aromatic heterocycles. The second-order valence-corrected chi connectivity index (χ2v) is 12.4. The second-order valence-electron chi connectivity index (χ2n) is 12.4. The first-order chi connectivity index (χ1) is 24.7. The quantitative estimate of drug-likeness (QED) is 0.170. The zero-order valence-corrected chi connectivity index (χ0v) is 27.1. The number of aromatic nitrogens is 4. The number of pyridine rings is 4. The fourth-order valence-corrected chi connectivity index (χ4v) is 6.63. The molecule has 0 aliphatic rings. The molecule has 4 heteroatoms. The van der Waals surface area contributed by atoms with Crippen LogP contribution in [0.5, 0.6) is 0 Å². The van der Waals surface area contributed by atoms with Gasteiger partial charge in [0.2, 0.25) is 0 Å². The molecule has 0 saturated carbocycles. The van der Waals surface area contributed by atoms with Gasteiger partial charge in [-0.2, -0.15) is 0 Å². The van der Waals surface area contributed by atoms with Crippen molar-refractivity contribution in [3.8, 4) is 67.0 Å². The van der Waals surface area contributed by atoms with Gasteiger partial charge in [-0.3, -0.25) is 19.9 Å². The van der Waals surface area contributed by atoms with E-state index < -0.39 is 0 Å². The van der Waals surface area contributed by atoms with Gasteiger partial charge in [-0.15, -0.1) is 0 Å². The van der Waals surface area contributed by atoms with E-state index in [9.17, 15) is 0 Å². The lowest BCUT2D eigenvalue weighted by atomic mass is 9.98. The van der Waals surface area contributed by atoms with E-state index in [0.29, 0.717) is 0 Å². The van der Waals surface area contributed by atoms with E-state index in [4.69, 9.17) is 19.9 Å². The van der Waals surface area contributed by atoms with Gasteiger partial charge in [0.25, 0.3) is 0 Å². The summed E-state index contributed by atoms with van der Waals surface area (Å²) in [6, 6.07) is 55.1. The molecule has 0 spiro atoms. The number of fused-ring (bicyclic) bond motifs is 3. The highest BCUT2D eigenvalue weighted by Crippen LogP contribution is 2.33. The molecule has 0 atom stereocenters. The predicted octanol–water partition coefficient (Wildman–Crippen LogP) is 11.6. The Hall–Kier alpha value is -6.78. The van der Waals surface area contributed by atoms with Crippen LogP contribution in [-0.4, -0.2) is 19.9 Å². The number of nitrogens with zero attached hydrogens (tertiary/aromatic N) is 4. The average Bonchev–Trinajstić information content (AvgIpc) is 3.21. The summed E-state index contributed by atoms with van der Waals surface area (Å²) in [5.74, 6) is 0. The number of benzene rings is 5. The van der Waals surface area contributed by atoms with Gasteiger partial charge in [0.05, 0.1) is 22.4 Å². The van der Waals surface area contributed by atoms with Gasteiger partial charge in [0.1, 0.15) is 0 Å². The molecule has 0 aliphatic heterocycles. The lowest BCUT2D eigenvalue weighted by Crippen LogP contribution is -1.91. The Morgan fingerprint density at radius 3 is 1.08 bits per heavy atom. The maximum atomic E-state index is 4.91. The molecule has 9 rings (SSSR count). The van der Waals surface area contributed by atoms with E-state index in [0.717, 1.165) is 66.6 Å². The SMILES string of the molecule is c1ccc(-c2cccc(-c3ccnc(-c4cnc5c(ccc6cc(-c7cc(-c8cccc(-c9ccccc9)c8)ccn7)cnc65)c4)c3)c2)cc1. The summed E-state index contributed by atoms with van der Waals surface area (Å²) in [5, 5.41) is 2.04. The van der Waals surface area contributed by atoms with Gasteiger partial charge < -0.3 is 0 Å². The Morgan fingerprint density at radius 2 is 0.640 bits per heavy atom. The summed E-state index contributed by atoms with van der Waals surface area (Å²) in [4.78, 5) is 19.3. The minimum Gasteiger partial charge on any atom is -0.256 e. The minimum atomic E-state index is 0.865. The van der Waals surface area contributed by atoms with Crippen LogP contribution in [0, 0.1) is 0 Å². The molecule has 0 bridgehead atoms. The Bertz CT molecular complexity index is 2460. The zero-order valence-electron chi connectivity index (χ0n) is 27.1. The van der Waals surface area contributed by atoms with Crippen LogP contribution in [0.25, 0.3) is 88.8 Å². The van der Waals surface area contributed by atoms with Crippen LogP contribution in [-0.2, 0) is 0 Å². The van der Waals surface area contributed by atoms with E-state index in [2.05, 4.69) is 146 Å². The van der Waals surface area contributed by atoms with Gasteiger partial charge in [0.15, 0.2) is 0 Å². The first-order valence-corrected chi connectivity index (χ1v) is 16.7. The number of hydrogen-bond donors (Lipinski definition) is 0. The lowest BCUT2D eigenvalue weighted by Gasteiger charge is -2.10. The topological polar surface area (TPSA) is 51.6 Å². The molecule has 9 aromatic rings. The summed E-state index contributed by atoms with van der Waals surface area (Å²) >= 11 is 0. The molecule has 0 radical (unpaired) electrons. The summed E-state index contributed by atoms with van der Waals surface area (Å²) in [7, 11) is 0. The van der Waals surface area contributed by atoms with E-state index in [1.165, 1.54) is 22.3 Å². The normalized spacial score (nSPS) is 11.2. The van der Waals surface area contributed by atoms with Crippen molar-refractivity contribution >= 4 is 21.8 Å². The Morgan fingerprint density at radius 1 is 0.260 bits per heavy atom. The molecule has 0 fully saturated rings. The molecule has 4 heterocycles. The van der Waals surface area contributed by atoms with Crippen molar-refractivity contribution in [2.75, 3.05) is 0 Å². The monoisotopic (exact) mass is 638 g/mol. The van der Waals surface area contributed by atoms with Crippen LogP contribution >= 0.6 is 0 Å². The first kappa shape index (κ1) is 29.4. The van der Waals surface area contributed by atoms with Crippen molar-refractivity contribution in [3.63, 3.8) is 0 Å². The number of hydrogen-bond acceptors (Lipinski definition) is 4. The molecule has 0 amide bonds. The maximum Gasteiger partial charge on any atom is 0.0965 e. The molecule has 0 N–H and O–H groups in total. The minimum absolute atomic E-state index is 0.865. The molecule has 4 nitrogen and oxygen atoms in total. The zero-order chi connectivity index (χ0) is 33.3. The number of rotatable bonds is 6. The predicted molar refractivity (Wildman–Crippen MR) is 205 cm³/mol. The first-order valence-electron chi connectivity index (χ1n) is 16.7. The average molecular weight is 639 g/mol. The van der Waals surface area contributed by atoms with Crippen molar-refractivity contribution in [1.82, 2.24) is 19.9 Å². The van der Waals surface area contributed by atoms with Crippen LogP contribution in [0.4, 0.5) is 0 Å². The van der Waals surface area contributed by atoms with Gasteiger partial charge >= 0.3 is 0 Å².